The molecule has 4 aromatic rings. The fourth-order valence-electron chi connectivity index (χ4n) is 3.10. The van der Waals surface area contributed by atoms with E-state index in [1.807, 2.05) is 45.9 Å². The first-order chi connectivity index (χ1) is 15.5. The summed E-state index contributed by atoms with van der Waals surface area (Å²) in [6, 6.07) is 17.1. The quantitative estimate of drug-likeness (QED) is 0.454. The van der Waals surface area contributed by atoms with Gasteiger partial charge < -0.3 is 5.32 Å². The van der Waals surface area contributed by atoms with Crippen molar-refractivity contribution in [3.8, 4) is 11.3 Å². The average molecular weight is 464 g/mol. The van der Waals surface area contributed by atoms with Crippen molar-refractivity contribution in [1.82, 2.24) is 14.6 Å². The highest BCUT2D eigenvalue weighted by Crippen LogP contribution is 2.27. The second-order valence-electron chi connectivity index (χ2n) is 8.80. The number of carbonyl (C=O) groups is 1. The first kappa shape index (κ1) is 22.5. The van der Waals surface area contributed by atoms with Crippen molar-refractivity contribution in [3.05, 3.63) is 72.4 Å². The number of amides is 1. The van der Waals surface area contributed by atoms with Crippen LogP contribution < -0.4 is 10.0 Å². The van der Waals surface area contributed by atoms with Crippen LogP contribution in [-0.2, 0) is 14.8 Å². The van der Waals surface area contributed by atoms with Gasteiger partial charge in [-0.25, -0.2) is 17.9 Å². The van der Waals surface area contributed by atoms with E-state index in [9.17, 15) is 13.2 Å². The Balaban J connectivity index is 1.63. The summed E-state index contributed by atoms with van der Waals surface area (Å²) in [5.41, 5.74) is 3.16. The van der Waals surface area contributed by atoms with Gasteiger partial charge in [0.2, 0.25) is 5.91 Å². The third-order valence-corrected chi connectivity index (χ3v) is 6.45. The molecule has 0 saturated carbocycles. The number of fused-ring (bicyclic) bond motifs is 1. The summed E-state index contributed by atoms with van der Waals surface area (Å²) in [5, 5.41) is 7.33. The van der Waals surface area contributed by atoms with E-state index in [-0.39, 0.29) is 16.6 Å². The molecule has 2 heterocycles. The monoisotopic (exact) mass is 463 g/mol. The van der Waals surface area contributed by atoms with Gasteiger partial charge in [0.15, 0.2) is 11.5 Å². The summed E-state index contributed by atoms with van der Waals surface area (Å²) in [6.45, 7) is 7.51. The highest BCUT2D eigenvalue weighted by molar-refractivity contribution is 7.92. The number of hydrogen-bond acceptors (Lipinski definition) is 5. The molecule has 0 aliphatic heterocycles. The summed E-state index contributed by atoms with van der Waals surface area (Å²) in [7, 11) is -3.75. The van der Waals surface area contributed by atoms with Crippen LogP contribution in [0.5, 0.6) is 0 Å². The number of rotatable bonds is 5. The minimum Gasteiger partial charge on any atom is -0.325 e. The maximum absolute atomic E-state index is 12.6. The smallest absolute Gasteiger partial charge is 0.263 e. The fraction of sp³-hybridized carbons (Fsp3) is 0.208. The predicted octanol–water partition coefficient (Wildman–Crippen LogP) is 4.49. The van der Waals surface area contributed by atoms with Crippen LogP contribution in [0.2, 0.25) is 0 Å². The lowest BCUT2D eigenvalue weighted by Crippen LogP contribution is -2.27. The molecular formula is C24H25N5O3S. The minimum atomic E-state index is -3.75. The summed E-state index contributed by atoms with van der Waals surface area (Å²) < 4.78 is 29.2. The second kappa shape index (κ2) is 8.32. The predicted molar refractivity (Wildman–Crippen MR) is 128 cm³/mol. The van der Waals surface area contributed by atoms with Gasteiger partial charge in [-0.1, -0.05) is 51.1 Å². The molecular weight excluding hydrogens is 438 g/mol. The van der Waals surface area contributed by atoms with E-state index in [4.69, 9.17) is 0 Å². The molecule has 0 aliphatic rings. The minimum absolute atomic E-state index is 0.0743. The Morgan fingerprint density at radius 1 is 1.00 bits per heavy atom. The summed E-state index contributed by atoms with van der Waals surface area (Å²) in [4.78, 5) is 17.2. The normalized spacial score (nSPS) is 12.0. The van der Waals surface area contributed by atoms with E-state index < -0.39 is 15.4 Å². The van der Waals surface area contributed by atoms with Gasteiger partial charge in [0.25, 0.3) is 10.0 Å². The molecule has 0 saturated heterocycles. The van der Waals surface area contributed by atoms with Crippen LogP contribution in [0, 0.1) is 12.3 Å². The molecule has 0 fully saturated rings. The van der Waals surface area contributed by atoms with E-state index in [0.717, 1.165) is 11.1 Å². The van der Waals surface area contributed by atoms with E-state index in [1.165, 1.54) is 16.6 Å². The van der Waals surface area contributed by atoms with Crippen LogP contribution in [0.15, 0.2) is 71.8 Å². The number of imidazole rings is 1. The van der Waals surface area contributed by atoms with Crippen molar-refractivity contribution in [2.24, 2.45) is 5.41 Å². The number of nitrogens with zero attached hydrogens (tertiary/aromatic N) is 3. The largest absolute Gasteiger partial charge is 0.325 e. The molecule has 1 amide bonds. The van der Waals surface area contributed by atoms with Gasteiger partial charge in [0, 0.05) is 16.7 Å². The van der Waals surface area contributed by atoms with Crippen molar-refractivity contribution in [2.75, 3.05) is 10.0 Å². The Labute approximate surface area is 192 Å². The Bertz CT molecular complexity index is 1440. The van der Waals surface area contributed by atoms with Gasteiger partial charge >= 0.3 is 0 Å². The molecule has 8 nitrogen and oxygen atoms in total. The van der Waals surface area contributed by atoms with Crippen LogP contribution in [-0.4, -0.2) is 28.9 Å². The Kier molecular flexibility index (Phi) is 5.67. The van der Waals surface area contributed by atoms with Crippen molar-refractivity contribution in [1.29, 1.82) is 0 Å². The average Bonchev–Trinajstić information content (AvgIpc) is 3.18. The number of aromatic nitrogens is 3. The molecule has 4 rings (SSSR count). The number of sulfonamides is 1. The first-order valence-electron chi connectivity index (χ1n) is 10.4. The van der Waals surface area contributed by atoms with Crippen LogP contribution in [0.4, 0.5) is 11.5 Å². The number of aryl methyl sites for hydroxylation is 1. The van der Waals surface area contributed by atoms with Crippen molar-refractivity contribution < 1.29 is 13.2 Å². The van der Waals surface area contributed by atoms with Gasteiger partial charge in [0.1, 0.15) is 0 Å². The third kappa shape index (κ3) is 4.88. The topological polar surface area (TPSA) is 105 Å². The second-order valence-corrected chi connectivity index (χ2v) is 10.5. The lowest BCUT2D eigenvalue weighted by atomic mass is 9.95. The molecule has 2 aromatic carbocycles. The molecule has 0 bridgehead atoms. The zero-order valence-electron chi connectivity index (χ0n) is 18.8. The van der Waals surface area contributed by atoms with Gasteiger partial charge in [-0.3, -0.25) is 9.52 Å². The molecule has 2 N–H and O–H groups in total. The van der Waals surface area contributed by atoms with Crippen LogP contribution in [0.3, 0.4) is 0 Å². The molecule has 9 heteroatoms. The SMILES string of the molecule is Cc1ccc(-c2cn3nc(NS(=O)(=O)c4ccccc4)ccc3n2)cc1NC(=O)C(C)(C)C. The van der Waals surface area contributed by atoms with Gasteiger partial charge in [-0.2, -0.15) is 0 Å². The molecule has 170 valence electrons. The highest BCUT2D eigenvalue weighted by atomic mass is 32.2. The lowest BCUT2D eigenvalue weighted by molar-refractivity contribution is -0.123. The van der Waals surface area contributed by atoms with E-state index in [2.05, 4.69) is 20.1 Å². The first-order valence-corrected chi connectivity index (χ1v) is 11.9. The van der Waals surface area contributed by atoms with Gasteiger partial charge in [-0.05, 0) is 42.8 Å². The van der Waals surface area contributed by atoms with E-state index in [1.54, 1.807) is 36.5 Å². The van der Waals surface area contributed by atoms with Crippen molar-refractivity contribution >= 4 is 33.1 Å². The fourth-order valence-corrected chi connectivity index (χ4v) is 4.12. The lowest BCUT2D eigenvalue weighted by Gasteiger charge is -2.19. The van der Waals surface area contributed by atoms with Gasteiger partial charge in [0.05, 0.1) is 16.8 Å². The molecule has 0 spiro atoms. The van der Waals surface area contributed by atoms with Gasteiger partial charge in [-0.15, -0.1) is 5.10 Å². The van der Waals surface area contributed by atoms with Crippen LogP contribution >= 0.6 is 0 Å². The Hall–Kier alpha value is -3.72. The summed E-state index contributed by atoms with van der Waals surface area (Å²) in [5.74, 6) is 0.104. The molecule has 2 aromatic heterocycles. The molecule has 0 unspecified atom stereocenters. The zero-order chi connectivity index (χ0) is 23.8. The number of anilines is 2. The third-order valence-electron chi connectivity index (χ3n) is 5.08. The number of nitrogens with one attached hydrogen (secondary N) is 2. The number of carbonyl (C=O) groups excluding carboxylic acids is 1. The maximum Gasteiger partial charge on any atom is 0.263 e. The maximum atomic E-state index is 12.6. The van der Waals surface area contributed by atoms with E-state index in [0.29, 0.717) is 17.0 Å². The zero-order valence-corrected chi connectivity index (χ0v) is 19.6. The number of benzene rings is 2. The summed E-state index contributed by atoms with van der Waals surface area (Å²) in [6.07, 6.45) is 1.72. The van der Waals surface area contributed by atoms with Crippen molar-refractivity contribution in [3.63, 3.8) is 0 Å². The Morgan fingerprint density at radius 2 is 1.73 bits per heavy atom. The highest BCUT2D eigenvalue weighted by Gasteiger charge is 2.22. The van der Waals surface area contributed by atoms with Crippen molar-refractivity contribution in [2.45, 2.75) is 32.6 Å². The van der Waals surface area contributed by atoms with Crippen LogP contribution in [0.1, 0.15) is 26.3 Å². The van der Waals surface area contributed by atoms with E-state index >= 15 is 0 Å². The molecule has 0 atom stereocenters. The molecule has 0 radical (unpaired) electrons. The number of hydrogen-bond donors (Lipinski definition) is 2. The van der Waals surface area contributed by atoms with Crippen LogP contribution in [0.25, 0.3) is 16.9 Å². The Morgan fingerprint density at radius 3 is 2.42 bits per heavy atom. The standard InChI is InChI=1S/C24H25N5O3S/c1-16-10-11-17(14-19(16)26-23(30)24(2,3)4)20-15-29-22(25-20)13-12-21(27-29)28-33(31,32)18-8-6-5-7-9-18/h5-15H,1-4H3,(H,26,30)(H,27,28). The molecule has 0 aliphatic carbocycles. The molecule has 33 heavy (non-hydrogen) atoms. The summed E-state index contributed by atoms with van der Waals surface area (Å²) >= 11 is 0.